The third-order valence-corrected chi connectivity index (χ3v) is 1.13. The molecule has 0 aromatic rings. The maximum absolute atomic E-state index is 12.8. The number of halogens is 2. The Morgan fingerprint density at radius 3 is 2.79 bits per heavy atom. The molecule has 0 saturated heterocycles. The van der Waals surface area contributed by atoms with Crippen LogP contribution >= 0.6 is 0 Å². The minimum atomic E-state index is -3.61. The van der Waals surface area contributed by atoms with Crippen molar-refractivity contribution in [3.05, 3.63) is 0 Å². The van der Waals surface area contributed by atoms with Crippen molar-refractivity contribution >= 4 is 5.97 Å². The second-order valence-corrected chi connectivity index (χ2v) is 2.24. The summed E-state index contributed by atoms with van der Waals surface area (Å²) in [4.78, 5) is 15.0. The van der Waals surface area contributed by atoms with Crippen LogP contribution in [0.5, 0.6) is 0 Å². The molecule has 0 rings (SSSR count). The number of nitrogens with one attached hydrogen (secondary N) is 1. The van der Waals surface area contributed by atoms with Crippen molar-refractivity contribution in [2.75, 3.05) is 19.8 Å². The molecular formula is C8H11F2NO3. The summed E-state index contributed by atoms with van der Waals surface area (Å²) in [7, 11) is 0. The summed E-state index contributed by atoms with van der Waals surface area (Å²) in [6.07, 6.45) is 4.79. The number of rotatable bonds is 6. The average Bonchev–Trinajstić information content (AvgIpc) is 2.13. The molecule has 0 aliphatic heterocycles. The van der Waals surface area contributed by atoms with Crippen LogP contribution < -0.4 is 5.48 Å². The van der Waals surface area contributed by atoms with Gasteiger partial charge in [0.2, 0.25) is 0 Å². The van der Waals surface area contributed by atoms with E-state index >= 15 is 0 Å². The van der Waals surface area contributed by atoms with Gasteiger partial charge in [-0.1, -0.05) is 5.92 Å². The molecule has 1 N–H and O–H groups in total. The number of hydrogen-bond acceptors (Lipinski definition) is 4. The van der Waals surface area contributed by atoms with E-state index in [2.05, 4.69) is 15.5 Å². The molecule has 0 fully saturated rings. The minimum absolute atomic E-state index is 0.0976. The quantitative estimate of drug-likeness (QED) is 0.295. The lowest BCUT2D eigenvalue weighted by atomic mass is 10.3. The van der Waals surface area contributed by atoms with Gasteiger partial charge in [0.1, 0.15) is 6.61 Å². The number of hydroxylamine groups is 1. The first kappa shape index (κ1) is 12.8. The Morgan fingerprint density at radius 2 is 2.29 bits per heavy atom. The average molecular weight is 207 g/mol. The number of hydrogen-bond donors (Lipinski definition) is 1. The standard InChI is InChI=1S/C8H11F2NO3/c1-3-5-14-11-6-8(9,10)7(12)13-4-2/h1,11H,4-6H2,2H3. The van der Waals surface area contributed by atoms with Gasteiger partial charge in [-0.05, 0) is 6.92 Å². The molecule has 0 aromatic heterocycles. The molecular weight excluding hydrogens is 196 g/mol. The van der Waals surface area contributed by atoms with Crippen LogP contribution in [0.2, 0.25) is 0 Å². The monoisotopic (exact) mass is 207 g/mol. The molecule has 0 spiro atoms. The Bertz CT molecular complexity index is 225. The minimum Gasteiger partial charge on any atom is -0.462 e. The van der Waals surface area contributed by atoms with E-state index < -0.39 is 18.4 Å². The number of esters is 1. The lowest BCUT2D eigenvalue weighted by molar-refractivity contribution is -0.174. The summed E-state index contributed by atoms with van der Waals surface area (Å²) in [5.74, 6) is -3.13. The Hall–Kier alpha value is -1.19. The van der Waals surface area contributed by atoms with Crippen LogP contribution in [0, 0.1) is 12.3 Å². The van der Waals surface area contributed by atoms with Crippen LogP contribution in [0.1, 0.15) is 6.92 Å². The van der Waals surface area contributed by atoms with Crippen LogP contribution in [-0.4, -0.2) is 31.7 Å². The van der Waals surface area contributed by atoms with Gasteiger partial charge < -0.3 is 4.74 Å². The highest BCUT2D eigenvalue weighted by Crippen LogP contribution is 2.13. The largest absolute Gasteiger partial charge is 0.462 e. The summed E-state index contributed by atoms with van der Waals surface area (Å²) in [6, 6.07) is 0. The Morgan fingerprint density at radius 1 is 1.64 bits per heavy atom. The molecule has 0 unspecified atom stereocenters. The van der Waals surface area contributed by atoms with Gasteiger partial charge >= 0.3 is 11.9 Å². The van der Waals surface area contributed by atoms with E-state index in [9.17, 15) is 13.6 Å². The molecule has 0 aliphatic carbocycles. The summed E-state index contributed by atoms with van der Waals surface area (Å²) >= 11 is 0. The van der Waals surface area contributed by atoms with Gasteiger partial charge in [-0.3, -0.25) is 4.84 Å². The van der Waals surface area contributed by atoms with E-state index in [0.717, 1.165) is 0 Å². The van der Waals surface area contributed by atoms with E-state index in [1.807, 2.05) is 5.48 Å². The lowest BCUT2D eigenvalue weighted by Gasteiger charge is -2.14. The van der Waals surface area contributed by atoms with Crippen LogP contribution in [0.3, 0.4) is 0 Å². The summed E-state index contributed by atoms with van der Waals surface area (Å²) < 4.78 is 29.7. The van der Waals surface area contributed by atoms with E-state index in [1.54, 1.807) is 0 Å². The van der Waals surface area contributed by atoms with Crippen molar-refractivity contribution in [2.24, 2.45) is 0 Å². The molecule has 14 heavy (non-hydrogen) atoms. The second kappa shape index (κ2) is 6.29. The molecule has 0 aromatic carbocycles. The zero-order chi connectivity index (χ0) is 11.0. The summed E-state index contributed by atoms with van der Waals surface area (Å²) in [6.45, 7) is 0.225. The molecule has 0 bridgehead atoms. The predicted molar refractivity (Wildman–Crippen MR) is 44.4 cm³/mol. The number of carbonyl (C=O) groups excluding carboxylic acids is 1. The van der Waals surface area contributed by atoms with Crippen molar-refractivity contribution in [2.45, 2.75) is 12.8 Å². The predicted octanol–water partition coefficient (Wildman–Crippen LogP) is 0.339. The highest BCUT2D eigenvalue weighted by Gasteiger charge is 2.40. The third-order valence-electron chi connectivity index (χ3n) is 1.13. The molecule has 0 saturated carbocycles. The molecule has 0 atom stereocenters. The Labute approximate surface area is 80.5 Å². The summed E-state index contributed by atoms with van der Waals surface area (Å²) in [5, 5.41) is 0. The molecule has 0 aliphatic rings. The summed E-state index contributed by atoms with van der Waals surface area (Å²) in [5.41, 5.74) is 1.87. The molecule has 80 valence electrons. The highest BCUT2D eigenvalue weighted by atomic mass is 19.3. The molecule has 0 radical (unpaired) electrons. The SMILES string of the molecule is C#CCONCC(F)(F)C(=O)OCC. The fraction of sp³-hybridized carbons (Fsp3) is 0.625. The lowest BCUT2D eigenvalue weighted by Crippen LogP contribution is -2.41. The fourth-order valence-corrected chi connectivity index (χ4v) is 0.543. The molecule has 4 nitrogen and oxygen atoms in total. The van der Waals surface area contributed by atoms with Gasteiger partial charge in [0.25, 0.3) is 0 Å². The Kier molecular flexibility index (Phi) is 5.76. The smallest absolute Gasteiger partial charge is 0.378 e. The maximum atomic E-state index is 12.8. The molecule has 6 heteroatoms. The fourth-order valence-electron chi connectivity index (χ4n) is 0.543. The topological polar surface area (TPSA) is 47.6 Å². The Balaban J connectivity index is 3.83. The van der Waals surface area contributed by atoms with E-state index in [-0.39, 0.29) is 13.2 Å². The van der Waals surface area contributed by atoms with Gasteiger partial charge in [0, 0.05) is 0 Å². The zero-order valence-corrected chi connectivity index (χ0v) is 7.68. The third kappa shape index (κ3) is 4.74. The van der Waals surface area contributed by atoms with Crippen LogP contribution in [0.15, 0.2) is 0 Å². The van der Waals surface area contributed by atoms with Gasteiger partial charge in [-0.25, -0.2) is 4.79 Å². The maximum Gasteiger partial charge on any atom is 0.378 e. The van der Waals surface area contributed by atoms with Crippen molar-refractivity contribution in [3.8, 4) is 12.3 Å². The zero-order valence-electron chi connectivity index (χ0n) is 7.68. The first-order chi connectivity index (χ1) is 6.54. The first-order valence-electron chi connectivity index (χ1n) is 3.87. The van der Waals surface area contributed by atoms with Gasteiger partial charge in [0.05, 0.1) is 13.2 Å². The van der Waals surface area contributed by atoms with Crippen molar-refractivity contribution in [3.63, 3.8) is 0 Å². The highest BCUT2D eigenvalue weighted by molar-refractivity contribution is 5.77. The molecule has 0 heterocycles. The normalized spacial score (nSPS) is 10.7. The van der Waals surface area contributed by atoms with Crippen LogP contribution in [0.4, 0.5) is 8.78 Å². The van der Waals surface area contributed by atoms with Crippen molar-refractivity contribution < 1.29 is 23.1 Å². The van der Waals surface area contributed by atoms with E-state index in [0.29, 0.717) is 0 Å². The van der Waals surface area contributed by atoms with Crippen molar-refractivity contribution in [1.82, 2.24) is 5.48 Å². The van der Waals surface area contributed by atoms with Gasteiger partial charge in [-0.15, -0.1) is 6.42 Å². The van der Waals surface area contributed by atoms with Crippen molar-refractivity contribution in [1.29, 1.82) is 0 Å². The number of terminal acetylenes is 1. The number of carbonyl (C=O) groups is 1. The van der Waals surface area contributed by atoms with E-state index in [1.165, 1.54) is 6.92 Å². The molecule has 0 amide bonds. The van der Waals surface area contributed by atoms with Crippen LogP contribution in [-0.2, 0) is 14.4 Å². The van der Waals surface area contributed by atoms with Crippen LogP contribution in [0.25, 0.3) is 0 Å². The van der Waals surface area contributed by atoms with E-state index in [4.69, 9.17) is 6.42 Å². The van der Waals surface area contributed by atoms with Gasteiger partial charge in [-0.2, -0.15) is 14.3 Å². The first-order valence-corrected chi connectivity index (χ1v) is 3.87. The number of alkyl halides is 2. The second-order valence-electron chi connectivity index (χ2n) is 2.24. The van der Waals surface area contributed by atoms with Gasteiger partial charge in [0.15, 0.2) is 0 Å². The number of ether oxygens (including phenoxy) is 1.